The summed E-state index contributed by atoms with van der Waals surface area (Å²) >= 11 is 0. The molecule has 0 spiro atoms. The van der Waals surface area contributed by atoms with Gasteiger partial charge in [0, 0.05) is 6.04 Å². The molecule has 0 radical (unpaired) electrons. The van der Waals surface area contributed by atoms with Gasteiger partial charge in [0.05, 0.1) is 17.6 Å². The Morgan fingerprint density at radius 1 is 1.16 bits per heavy atom. The predicted octanol–water partition coefficient (Wildman–Crippen LogP) is 3.91. The Balaban J connectivity index is 1.49. The summed E-state index contributed by atoms with van der Waals surface area (Å²) in [5.41, 5.74) is 2.23. The second-order valence-corrected chi connectivity index (χ2v) is 6.20. The average molecular weight is 343 g/mol. The molecule has 1 aromatic heterocycles. The Morgan fingerprint density at radius 2 is 1.96 bits per heavy atom. The van der Waals surface area contributed by atoms with Crippen molar-refractivity contribution >= 4 is 11.0 Å². The summed E-state index contributed by atoms with van der Waals surface area (Å²) < 4.78 is 33.8. The van der Waals surface area contributed by atoms with Crippen molar-refractivity contribution in [3.63, 3.8) is 0 Å². The van der Waals surface area contributed by atoms with E-state index in [-0.39, 0.29) is 12.6 Å². The van der Waals surface area contributed by atoms with Crippen molar-refractivity contribution in [2.75, 3.05) is 6.61 Å². The molecule has 1 aliphatic heterocycles. The highest BCUT2D eigenvalue weighted by atomic mass is 19.3. The van der Waals surface area contributed by atoms with Gasteiger partial charge in [-0.1, -0.05) is 30.3 Å². The fraction of sp³-hybridized carbons (Fsp3) is 0.316. The lowest BCUT2D eigenvalue weighted by atomic mass is 10.1. The van der Waals surface area contributed by atoms with Gasteiger partial charge in [0.2, 0.25) is 0 Å². The van der Waals surface area contributed by atoms with E-state index in [0.717, 1.165) is 23.2 Å². The molecule has 1 atom stereocenters. The maximum absolute atomic E-state index is 13.5. The Hall–Kier alpha value is -2.47. The molecule has 3 aromatic rings. The van der Waals surface area contributed by atoms with Crippen molar-refractivity contribution < 1.29 is 13.5 Å². The molecule has 6 heteroatoms. The van der Waals surface area contributed by atoms with Gasteiger partial charge in [0.25, 0.3) is 0 Å². The van der Waals surface area contributed by atoms with Gasteiger partial charge in [-0.25, -0.2) is 4.98 Å². The van der Waals surface area contributed by atoms with Crippen LogP contribution >= 0.6 is 0 Å². The number of nitrogens with zero attached hydrogens (tertiary/aromatic N) is 2. The molecule has 25 heavy (non-hydrogen) atoms. The summed E-state index contributed by atoms with van der Waals surface area (Å²) in [6.45, 7) is -1.81. The van der Waals surface area contributed by atoms with Crippen molar-refractivity contribution in [2.24, 2.45) is 0 Å². The normalized spacial score (nSPS) is 17.3. The van der Waals surface area contributed by atoms with Crippen LogP contribution in [-0.2, 0) is 13.0 Å². The van der Waals surface area contributed by atoms with Gasteiger partial charge in [0.1, 0.15) is 18.2 Å². The van der Waals surface area contributed by atoms with Crippen LogP contribution in [0.2, 0.25) is 0 Å². The third-order valence-corrected chi connectivity index (χ3v) is 4.59. The highest BCUT2D eigenvalue weighted by molar-refractivity contribution is 5.75. The monoisotopic (exact) mass is 343 g/mol. The van der Waals surface area contributed by atoms with Crippen LogP contribution < -0.4 is 10.1 Å². The molecule has 0 saturated heterocycles. The number of imidazole rings is 1. The van der Waals surface area contributed by atoms with Crippen LogP contribution in [0.15, 0.2) is 48.5 Å². The molecule has 0 amide bonds. The van der Waals surface area contributed by atoms with Gasteiger partial charge in [-0.15, -0.1) is 0 Å². The van der Waals surface area contributed by atoms with Crippen LogP contribution in [-0.4, -0.2) is 22.2 Å². The van der Waals surface area contributed by atoms with E-state index in [1.54, 1.807) is 24.3 Å². The number of rotatable bonds is 4. The summed E-state index contributed by atoms with van der Waals surface area (Å²) in [6.07, 6.45) is 1.80. The van der Waals surface area contributed by atoms with Gasteiger partial charge in [-0.05, 0) is 36.6 Å². The van der Waals surface area contributed by atoms with Crippen LogP contribution in [0.25, 0.3) is 11.0 Å². The number of hydrogen-bond donors (Lipinski definition) is 1. The van der Waals surface area contributed by atoms with Crippen molar-refractivity contribution in [3.05, 3.63) is 59.9 Å². The first-order valence-electron chi connectivity index (χ1n) is 8.40. The molecule has 4 nitrogen and oxygen atoms in total. The maximum atomic E-state index is 13.5. The fourth-order valence-corrected chi connectivity index (χ4v) is 3.29. The first-order chi connectivity index (χ1) is 12.2. The lowest BCUT2D eigenvalue weighted by molar-refractivity contribution is 0.0708. The number of nitrogens with one attached hydrogen (secondary N) is 1. The van der Waals surface area contributed by atoms with Gasteiger partial charge in [0.15, 0.2) is 0 Å². The summed E-state index contributed by atoms with van der Waals surface area (Å²) in [6, 6.07) is 15.1. The third kappa shape index (κ3) is 3.22. The first kappa shape index (κ1) is 16.0. The van der Waals surface area contributed by atoms with Gasteiger partial charge in [-0.2, -0.15) is 8.78 Å². The van der Waals surface area contributed by atoms with E-state index in [1.807, 2.05) is 18.2 Å². The second kappa shape index (κ2) is 6.80. The lowest BCUT2D eigenvalue weighted by Crippen LogP contribution is -2.34. The summed E-state index contributed by atoms with van der Waals surface area (Å²) in [5, 5.41) is 3.33. The van der Waals surface area contributed by atoms with Gasteiger partial charge >= 0.3 is 6.55 Å². The zero-order valence-electron chi connectivity index (χ0n) is 13.7. The van der Waals surface area contributed by atoms with Crippen molar-refractivity contribution in [3.8, 4) is 5.75 Å². The van der Waals surface area contributed by atoms with Crippen LogP contribution in [0.4, 0.5) is 8.78 Å². The van der Waals surface area contributed by atoms with E-state index in [2.05, 4.69) is 16.4 Å². The Kier molecular flexibility index (Phi) is 4.36. The zero-order valence-corrected chi connectivity index (χ0v) is 13.7. The topological polar surface area (TPSA) is 39.1 Å². The number of aryl methyl sites for hydroxylation is 1. The number of alkyl halides is 2. The number of hydrogen-bond acceptors (Lipinski definition) is 3. The highest BCUT2D eigenvalue weighted by Crippen LogP contribution is 2.25. The minimum absolute atomic E-state index is 0.0957. The number of halogens is 2. The molecule has 2 heterocycles. The average Bonchev–Trinajstić information content (AvgIpc) is 2.87. The van der Waals surface area contributed by atoms with Gasteiger partial charge < -0.3 is 10.1 Å². The number of para-hydroxylation sites is 3. The standard InChI is InChI=1S/C19H19F2N3O/c20-19(21)24-16-7-3-2-6-15(16)23-18(24)11-22-14-10-9-13-5-1-4-8-17(13)25-12-14/h1-8,14,19,22H,9-12H2. The second-order valence-electron chi connectivity index (χ2n) is 6.20. The van der Waals surface area contributed by atoms with E-state index in [1.165, 1.54) is 5.56 Å². The summed E-state index contributed by atoms with van der Waals surface area (Å²) in [5.74, 6) is 1.25. The van der Waals surface area contributed by atoms with Crippen molar-refractivity contribution in [2.45, 2.75) is 32.0 Å². The molecule has 0 aliphatic carbocycles. The van der Waals surface area contributed by atoms with Crippen LogP contribution in [0.5, 0.6) is 5.75 Å². The predicted molar refractivity (Wildman–Crippen MR) is 91.9 cm³/mol. The van der Waals surface area contributed by atoms with Crippen LogP contribution in [0.1, 0.15) is 24.4 Å². The number of aromatic nitrogens is 2. The molecule has 0 saturated carbocycles. The van der Waals surface area contributed by atoms with Crippen molar-refractivity contribution in [1.29, 1.82) is 0 Å². The van der Waals surface area contributed by atoms with E-state index >= 15 is 0 Å². The minimum Gasteiger partial charge on any atom is -0.492 e. The van der Waals surface area contributed by atoms with E-state index in [4.69, 9.17) is 4.74 Å². The van der Waals surface area contributed by atoms with Gasteiger partial charge in [-0.3, -0.25) is 4.57 Å². The molecular formula is C19H19F2N3O. The molecule has 130 valence electrons. The Morgan fingerprint density at radius 3 is 2.84 bits per heavy atom. The van der Waals surface area contributed by atoms with Crippen LogP contribution in [0.3, 0.4) is 0 Å². The SMILES string of the molecule is FC(F)n1c(CNC2CCc3ccccc3OC2)nc2ccccc21. The largest absolute Gasteiger partial charge is 0.492 e. The molecular weight excluding hydrogens is 324 g/mol. The fourth-order valence-electron chi connectivity index (χ4n) is 3.29. The number of benzene rings is 2. The minimum atomic E-state index is -2.61. The third-order valence-electron chi connectivity index (χ3n) is 4.59. The number of ether oxygens (including phenoxy) is 1. The molecule has 0 fully saturated rings. The summed E-state index contributed by atoms with van der Waals surface area (Å²) in [4.78, 5) is 4.36. The molecule has 2 aromatic carbocycles. The Labute approximate surface area is 144 Å². The van der Waals surface area contributed by atoms with E-state index in [0.29, 0.717) is 23.5 Å². The zero-order chi connectivity index (χ0) is 17.2. The molecule has 1 unspecified atom stereocenters. The quantitative estimate of drug-likeness (QED) is 0.780. The first-order valence-corrected chi connectivity index (χ1v) is 8.40. The maximum Gasteiger partial charge on any atom is 0.320 e. The van der Waals surface area contributed by atoms with Crippen molar-refractivity contribution in [1.82, 2.24) is 14.9 Å². The molecule has 4 rings (SSSR count). The molecule has 1 aliphatic rings. The summed E-state index contributed by atoms with van der Waals surface area (Å²) in [7, 11) is 0. The van der Waals surface area contributed by atoms with Crippen LogP contribution in [0, 0.1) is 0 Å². The van der Waals surface area contributed by atoms with E-state index in [9.17, 15) is 8.78 Å². The molecule has 0 bridgehead atoms. The lowest BCUT2D eigenvalue weighted by Gasteiger charge is -2.16. The Bertz CT molecular complexity index is 851. The number of fused-ring (bicyclic) bond motifs is 2. The molecule has 1 N–H and O–H groups in total. The smallest absolute Gasteiger partial charge is 0.320 e. The van der Waals surface area contributed by atoms with E-state index < -0.39 is 6.55 Å². The highest BCUT2D eigenvalue weighted by Gasteiger charge is 2.20.